The van der Waals surface area contributed by atoms with Gasteiger partial charge in [-0.2, -0.15) is 0 Å². The molecule has 0 aromatic heterocycles. The normalized spacial score (nSPS) is 10.9. The first-order chi connectivity index (χ1) is 10.7. The Bertz CT molecular complexity index is 596. The molecule has 0 atom stereocenters. The van der Waals surface area contributed by atoms with Crippen LogP contribution in [0.15, 0.2) is 36.4 Å². The zero-order valence-electron chi connectivity index (χ0n) is 14.2. The Kier molecular flexibility index (Phi) is 6.06. The minimum absolute atomic E-state index is 0.335. The lowest BCUT2D eigenvalue weighted by molar-refractivity contribution is 0.475. The molecular formula is C21H28O. The average molecular weight is 296 g/mol. The van der Waals surface area contributed by atoms with E-state index in [-0.39, 0.29) is 0 Å². The first-order valence-electron chi connectivity index (χ1n) is 8.58. The molecule has 2 rings (SSSR count). The van der Waals surface area contributed by atoms with E-state index in [0.717, 1.165) is 12.8 Å². The monoisotopic (exact) mass is 296 g/mol. The van der Waals surface area contributed by atoms with Crippen molar-refractivity contribution in [1.82, 2.24) is 0 Å². The Morgan fingerprint density at radius 3 is 2.09 bits per heavy atom. The van der Waals surface area contributed by atoms with Gasteiger partial charge in [-0.3, -0.25) is 0 Å². The van der Waals surface area contributed by atoms with Gasteiger partial charge in [0, 0.05) is 0 Å². The standard InChI is InChI=1S/C21H28O/c1-4-6-8-17-11-10-16(3)20(9-7-5-2)21(17)18-12-14-19(22)15-13-18/h10-15,22H,4-9H2,1-3H3. The summed E-state index contributed by atoms with van der Waals surface area (Å²) in [6.07, 6.45) is 7.15. The van der Waals surface area contributed by atoms with E-state index >= 15 is 0 Å². The summed E-state index contributed by atoms with van der Waals surface area (Å²) in [5.41, 5.74) is 6.96. The lowest BCUT2D eigenvalue weighted by Gasteiger charge is -2.18. The first kappa shape index (κ1) is 16.6. The van der Waals surface area contributed by atoms with Crippen LogP contribution in [0.3, 0.4) is 0 Å². The van der Waals surface area contributed by atoms with Crippen LogP contribution in [0.2, 0.25) is 0 Å². The minimum atomic E-state index is 0.335. The van der Waals surface area contributed by atoms with Crippen LogP contribution in [0.5, 0.6) is 5.75 Å². The van der Waals surface area contributed by atoms with E-state index in [1.54, 1.807) is 12.1 Å². The van der Waals surface area contributed by atoms with Crippen molar-refractivity contribution in [2.24, 2.45) is 0 Å². The summed E-state index contributed by atoms with van der Waals surface area (Å²) in [5.74, 6) is 0.335. The number of hydrogen-bond donors (Lipinski definition) is 1. The zero-order valence-corrected chi connectivity index (χ0v) is 14.2. The molecule has 22 heavy (non-hydrogen) atoms. The maximum Gasteiger partial charge on any atom is 0.115 e. The molecule has 0 aliphatic rings. The van der Waals surface area contributed by atoms with Gasteiger partial charge in [0.1, 0.15) is 5.75 Å². The van der Waals surface area contributed by atoms with Crippen LogP contribution in [0.25, 0.3) is 11.1 Å². The highest BCUT2D eigenvalue weighted by Gasteiger charge is 2.13. The molecule has 118 valence electrons. The molecule has 0 spiro atoms. The van der Waals surface area contributed by atoms with Gasteiger partial charge >= 0.3 is 0 Å². The van der Waals surface area contributed by atoms with E-state index in [9.17, 15) is 5.11 Å². The van der Waals surface area contributed by atoms with Gasteiger partial charge in [0.15, 0.2) is 0 Å². The van der Waals surface area contributed by atoms with E-state index in [2.05, 4.69) is 45.0 Å². The molecule has 0 unspecified atom stereocenters. The third-order valence-corrected chi connectivity index (χ3v) is 4.37. The Hall–Kier alpha value is -1.76. The molecule has 0 aliphatic heterocycles. The second kappa shape index (κ2) is 8.03. The smallest absolute Gasteiger partial charge is 0.115 e. The topological polar surface area (TPSA) is 20.2 Å². The minimum Gasteiger partial charge on any atom is -0.508 e. The predicted molar refractivity (Wildman–Crippen MR) is 95.5 cm³/mol. The largest absolute Gasteiger partial charge is 0.508 e. The van der Waals surface area contributed by atoms with Crippen LogP contribution < -0.4 is 0 Å². The number of benzene rings is 2. The third-order valence-electron chi connectivity index (χ3n) is 4.37. The molecule has 0 saturated heterocycles. The van der Waals surface area contributed by atoms with Gasteiger partial charge in [-0.05, 0) is 72.6 Å². The van der Waals surface area contributed by atoms with Gasteiger partial charge in [0.2, 0.25) is 0 Å². The molecule has 0 amide bonds. The highest BCUT2D eigenvalue weighted by atomic mass is 16.3. The van der Waals surface area contributed by atoms with Crippen LogP contribution in [0, 0.1) is 6.92 Å². The quantitative estimate of drug-likeness (QED) is 0.659. The summed E-state index contributed by atoms with van der Waals surface area (Å²) < 4.78 is 0. The SMILES string of the molecule is CCCCc1ccc(C)c(CCCC)c1-c1ccc(O)cc1. The van der Waals surface area contributed by atoms with Gasteiger partial charge in [0.25, 0.3) is 0 Å². The fourth-order valence-corrected chi connectivity index (χ4v) is 3.04. The van der Waals surface area contributed by atoms with Crippen LogP contribution in [0.1, 0.15) is 56.2 Å². The van der Waals surface area contributed by atoms with E-state index in [1.807, 2.05) is 0 Å². The van der Waals surface area contributed by atoms with Crippen molar-refractivity contribution < 1.29 is 5.11 Å². The number of hydrogen-bond acceptors (Lipinski definition) is 1. The summed E-state index contributed by atoms with van der Waals surface area (Å²) in [7, 11) is 0. The number of phenolic OH excluding ortho intramolecular Hbond substituents is 1. The molecule has 0 heterocycles. The number of aromatic hydroxyl groups is 1. The second-order valence-electron chi connectivity index (χ2n) is 6.15. The van der Waals surface area contributed by atoms with Gasteiger partial charge in [-0.25, -0.2) is 0 Å². The van der Waals surface area contributed by atoms with Crippen molar-refractivity contribution in [3.05, 3.63) is 53.1 Å². The molecular weight excluding hydrogens is 268 g/mol. The van der Waals surface area contributed by atoms with Crippen LogP contribution in [-0.4, -0.2) is 5.11 Å². The van der Waals surface area contributed by atoms with Crippen molar-refractivity contribution in [3.8, 4) is 16.9 Å². The average Bonchev–Trinajstić information content (AvgIpc) is 2.53. The Labute approximate surface area is 135 Å². The van der Waals surface area contributed by atoms with Crippen molar-refractivity contribution in [3.63, 3.8) is 0 Å². The molecule has 0 radical (unpaired) electrons. The molecule has 2 aromatic carbocycles. The highest BCUT2D eigenvalue weighted by molar-refractivity contribution is 5.73. The van der Waals surface area contributed by atoms with Crippen LogP contribution in [0.4, 0.5) is 0 Å². The fourth-order valence-electron chi connectivity index (χ4n) is 3.04. The van der Waals surface area contributed by atoms with Gasteiger partial charge in [0.05, 0.1) is 0 Å². The Morgan fingerprint density at radius 2 is 1.45 bits per heavy atom. The first-order valence-corrected chi connectivity index (χ1v) is 8.58. The summed E-state index contributed by atoms with van der Waals surface area (Å²) in [4.78, 5) is 0. The summed E-state index contributed by atoms with van der Waals surface area (Å²) in [6.45, 7) is 6.71. The number of rotatable bonds is 7. The maximum atomic E-state index is 9.58. The van der Waals surface area contributed by atoms with Crippen molar-refractivity contribution in [2.45, 2.75) is 59.3 Å². The third kappa shape index (κ3) is 3.91. The maximum absolute atomic E-state index is 9.58. The molecule has 0 aliphatic carbocycles. The summed E-state index contributed by atoms with van der Waals surface area (Å²) in [5, 5.41) is 9.58. The van der Waals surface area contributed by atoms with E-state index in [1.165, 1.54) is 53.5 Å². The fraction of sp³-hybridized carbons (Fsp3) is 0.429. The molecule has 0 fully saturated rings. The number of phenols is 1. The molecule has 1 heteroatoms. The highest BCUT2D eigenvalue weighted by Crippen LogP contribution is 2.33. The van der Waals surface area contributed by atoms with E-state index in [4.69, 9.17) is 0 Å². The molecule has 0 bridgehead atoms. The predicted octanol–water partition coefficient (Wildman–Crippen LogP) is 6.05. The number of aryl methyl sites for hydroxylation is 2. The van der Waals surface area contributed by atoms with Crippen LogP contribution >= 0.6 is 0 Å². The summed E-state index contributed by atoms with van der Waals surface area (Å²) in [6, 6.07) is 12.3. The van der Waals surface area contributed by atoms with Crippen molar-refractivity contribution in [1.29, 1.82) is 0 Å². The zero-order chi connectivity index (χ0) is 15.9. The lowest BCUT2D eigenvalue weighted by atomic mass is 9.87. The van der Waals surface area contributed by atoms with Crippen molar-refractivity contribution in [2.75, 3.05) is 0 Å². The molecule has 1 N–H and O–H groups in total. The van der Waals surface area contributed by atoms with Gasteiger partial charge in [-0.1, -0.05) is 51.0 Å². The summed E-state index contributed by atoms with van der Waals surface area (Å²) >= 11 is 0. The van der Waals surface area contributed by atoms with Crippen LogP contribution in [-0.2, 0) is 12.8 Å². The molecule has 0 saturated carbocycles. The van der Waals surface area contributed by atoms with E-state index in [0.29, 0.717) is 5.75 Å². The van der Waals surface area contributed by atoms with E-state index < -0.39 is 0 Å². The lowest BCUT2D eigenvalue weighted by Crippen LogP contribution is -2.00. The van der Waals surface area contributed by atoms with Gasteiger partial charge < -0.3 is 5.11 Å². The second-order valence-corrected chi connectivity index (χ2v) is 6.15. The van der Waals surface area contributed by atoms with Crippen molar-refractivity contribution >= 4 is 0 Å². The Balaban J connectivity index is 2.52. The molecule has 2 aromatic rings. The number of unbranched alkanes of at least 4 members (excludes halogenated alkanes) is 2. The Morgan fingerprint density at radius 1 is 0.818 bits per heavy atom. The molecule has 1 nitrogen and oxygen atoms in total. The van der Waals surface area contributed by atoms with Gasteiger partial charge in [-0.15, -0.1) is 0 Å².